The number of thiocarbonyl (C=S) groups is 1. The summed E-state index contributed by atoms with van der Waals surface area (Å²) in [7, 11) is 0. The van der Waals surface area contributed by atoms with E-state index in [1.165, 1.54) is 0 Å². The molecule has 0 radical (unpaired) electrons. The fourth-order valence-electron chi connectivity index (χ4n) is 4.51. The molecule has 1 fully saturated rings. The first kappa shape index (κ1) is 19.9. The van der Waals surface area contributed by atoms with Crippen LogP contribution in [-0.2, 0) is 5.54 Å². The first-order valence-electron chi connectivity index (χ1n) is 10.3. The number of ether oxygens (including phenoxy) is 1. The fraction of sp³-hybridized carbons (Fsp3) is 0.120. The van der Waals surface area contributed by atoms with E-state index < -0.39 is 22.9 Å². The molecule has 1 saturated heterocycles. The zero-order valence-electron chi connectivity index (χ0n) is 17.1. The van der Waals surface area contributed by atoms with Gasteiger partial charge >= 0.3 is 0 Å². The molecule has 2 aliphatic rings. The van der Waals surface area contributed by atoms with Crippen LogP contribution in [0, 0.1) is 0 Å². The standard InChI is InChI=1S/C25H16F2N4OS/c26-25(27)14-24(31-23(25)33)19-9-15(16-3-1-7-28-11-16)5-6-21(19)32-22-20(24)10-18(13-30-22)17-4-2-8-29-12-17/h1-13H,14H2,(H,31,33). The number of halogens is 2. The fourth-order valence-corrected chi connectivity index (χ4v) is 4.76. The minimum absolute atomic E-state index is 0.275. The van der Waals surface area contributed by atoms with Crippen LogP contribution in [-0.4, -0.2) is 25.9 Å². The number of alkyl halides is 2. The lowest BCUT2D eigenvalue weighted by Crippen LogP contribution is -2.42. The molecule has 0 amide bonds. The van der Waals surface area contributed by atoms with Crippen LogP contribution < -0.4 is 10.1 Å². The van der Waals surface area contributed by atoms with Crippen molar-refractivity contribution in [1.82, 2.24) is 20.3 Å². The van der Waals surface area contributed by atoms with E-state index in [-0.39, 0.29) is 5.88 Å². The predicted molar refractivity (Wildman–Crippen MR) is 123 cm³/mol. The highest BCUT2D eigenvalue weighted by Gasteiger charge is 2.58. The van der Waals surface area contributed by atoms with Crippen molar-refractivity contribution in [2.45, 2.75) is 17.9 Å². The Morgan fingerprint density at radius 1 is 0.848 bits per heavy atom. The average Bonchev–Trinajstić information content (AvgIpc) is 3.09. The zero-order valence-corrected chi connectivity index (χ0v) is 17.9. The van der Waals surface area contributed by atoms with Gasteiger partial charge in [0, 0.05) is 58.8 Å². The summed E-state index contributed by atoms with van der Waals surface area (Å²) in [5, 5.41) is 2.96. The Labute approximate surface area is 193 Å². The van der Waals surface area contributed by atoms with E-state index in [0.29, 0.717) is 16.9 Å². The molecule has 0 bridgehead atoms. The number of aromatic nitrogens is 3. The van der Waals surface area contributed by atoms with Crippen LogP contribution in [0.1, 0.15) is 17.5 Å². The molecular formula is C25H16F2N4OS. The normalized spacial score (nSPS) is 20.0. The maximum Gasteiger partial charge on any atom is 0.300 e. The van der Waals surface area contributed by atoms with Gasteiger partial charge < -0.3 is 10.1 Å². The topological polar surface area (TPSA) is 59.9 Å². The summed E-state index contributed by atoms with van der Waals surface area (Å²) in [4.78, 5) is 12.3. The van der Waals surface area contributed by atoms with Gasteiger partial charge in [-0.3, -0.25) is 9.97 Å². The minimum Gasteiger partial charge on any atom is -0.438 e. The quantitative estimate of drug-likeness (QED) is 0.400. The summed E-state index contributed by atoms with van der Waals surface area (Å²) in [5.74, 6) is -2.43. The maximum absolute atomic E-state index is 14.9. The second kappa shape index (κ2) is 7.11. The Bertz CT molecular complexity index is 1310. The molecule has 162 valence electrons. The number of nitrogens with one attached hydrogen (secondary N) is 1. The lowest BCUT2D eigenvalue weighted by atomic mass is 9.78. The van der Waals surface area contributed by atoms with E-state index >= 15 is 0 Å². The number of rotatable bonds is 2. The van der Waals surface area contributed by atoms with Crippen molar-refractivity contribution in [3.63, 3.8) is 0 Å². The maximum atomic E-state index is 14.9. The van der Waals surface area contributed by atoms with Crippen LogP contribution in [0.4, 0.5) is 8.78 Å². The highest BCUT2D eigenvalue weighted by Crippen LogP contribution is 2.54. The largest absolute Gasteiger partial charge is 0.438 e. The summed E-state index contributed by atoms with van der Waals surface area (Å²) in [6.07, 6.45) is 7.92. The van der Waals surface area contributed by atoms with Gasteiger partial charge in [-0.05, 0) is 35.9 Å². The summed E-state index contributed by atoms with van der Waals surface area (Å²) in [6.45, 7) is 0. The molecule has 5 heterocycles. The number of hydrogen-bond acceptors (Lipinski definition) is 5. The molecule has 33 heavy (non-hydrogen) atoms. The summed E-state index contributed by atoms with van der Waals surface area (Å²) >= 11 is 5.08. The molecule has 0 saturated carbocycles. The van der Waals surface area contributed by atoms with E-state index in [1.54, 1.807) is 37.1 Å². The van der Waals surface area contributed by atoms with Gasteiger partial charge in [0.2, 0.25) is 5.88 Å². The molecule has 3 aromatic heterocycles. The summed E-state index contributed by atoms with van der Waals surface area (Å²) in [5.41, 5.74) is 3.10. The van der Waals surface area contributed by atoms with Gasteiger partial charge in [-0.2, -0.15) is 8.78 Å². The Morgan fingerprint density at radius 2 is 1.55 bits per heavy atom. The second-order valence-electron chi connectivity index (χ2n) is 8.11. The average molecular weight is 458 g/mol. The van der Waals surface area contributed by atoms with Crippen LogP contribution >= 0.6 is 12.2 Å². The van der Waals surface area contributed by atoms with Crippen LogP contribution in [0.25, 0.3) is 22.3 Å². The molecule has 1 spiro atoms. The number of nitrogens with zero attached hydrogens (tertiary/aromatic N) is 3. The molecule has 0 aliphatic carbocycles. The molecule has 5 nitrogen and oxygen atoms in total. The molecule has 1 atom stereocenters. The van der Waals surface area contributed by atoms with Gasteiger partial charge in [-0.25, -0.2) is 4.98 Å². The van der Waals surface area contributed by atoms with Crippen LogP contribution in [0.2, 0.25) is 0 Å². The lowest BCUT2D eigenvalue weighted by molar-refractivity contribution is 0.0683. The Hall–Kier alpha value is -3.78. The summed E-state index contributed by atoms with van der Waals surface area (Å²) in [6, 6.07) is 14.8. The highest BCUT2D eigenvalue weighted by atomic mass is 32.1. The third-order valence-electron chi connectivity index (χ3n) is 6.09. The van der Waals surface area contributed by atoms with Crippen molar-refractivity contribution in [1.29, 1.82) is 0 Å². The van der Waals surface area contributed by atoms with Crippen LogP contribution in [0.5, 0.6) is 11.6 Å². The van der Waals surface area contributed by atoms with Crippen molar-refractivity contribution < 1.29 is 13.5 Å². The lowest BCUT2D eigenvalue weighted by Gasteiger charge is -2.37. The van der Waals surface area contributed by atoms with E-state index in [1.807, 2.05) is 42.5 Å². The minimum atomic E-state index is -3.17. The second-order valence-corrected chi connectivity index (χ2v) is 8.52. The number of fused-ring (bicyclic) bond motifs is 4. The van der Waals surface area contributed by atoms with Crippen LogP contribution in [0.3, 0.4) is 0 Å². The number of hydrogen-bond donors (Lipinski definition) is 1. The van der Waals surface area contributed by atoms with E-state index in [2.05, 4.69) is 20.3 Å². The molecule has 4 aromatic rings. The van der Waals surface area contributed by atoms with Gasteiger partial charge in [-0.15, -0.1) is 0 Å². The van der Waals surface area contributed by atoms with E-state index in [0.717, 1.165) is 22.3 Å². The van der Waals surface area contributed by atoms with Gasteiger partial charge in [0.15, 0.2) is 0 Å². The molecule has 6 rings (SSSR count). The Kier molecular flexibility index (Phi) is 4.28. The first-order valence-corrected chi connectivity index (χ1v) is 10.7. The molecule has 1 N–H and O–H groups in total. The van der Waals surface area contributed by atoms with E-state index in [9.17, 15) is 8.78 Å². The predicted octanol–water partition coefficient (Wildman–Crippen LogP) is 5.51. The van der Waals surface area contributed by atoms with Crippen molar-refractivity contribution in [2.75, 3.05) is 0 Å². The van der Waals surface area contributed by atoms with Gasteiger partial charge in [0.05, 0.1) is 6.42 Å². The van der Waals surface area contributed by atoms with Gasteiger partial charge in [-0.1, -0.05) is 30.4 Å². The monoisotopic (exact) mass is 458 g/mol. The van der Waals surface area contributed by atoms with Gasteiger partial charge in [0.25, 0.3) is 5.92 Å². The zero-order chi connectivity index (χ0) is 22.6. The van der Waals surface area contributed by atoms with Crippen molar-refractivity contribution in [2.24, 2.45) is 0 Å². The SMILES string of the molecule is FC1(F)CC2(NC1=S)c1cc(-c3cccnc3)ccc1Oc1ncc(-c3cccnc3)cc12. The Balaban J connectivity index is 1.58. The third-order valence-corrected chi connectivity index (χ3v) is 6.49. The summed E-state index contributed by atoms with van der Waals surface area (Å²) < 4.78 is 35.9. The molecular weight excluding hydrogens is 442 g/mol. The Morgan fingerprint density at radius 3 is 2.18 bits per heavy atom. The van der Waals surface area contributed by atoms with Crippen LogP contribution in [0.15, 0.2) is 79.5 Å². The smallest absolute Gasteiger partial charge is 0.300 e. The van der Waals surface area contributed by atoms with Crippen molar-refractivity contribution in [3.05, 3.63) is 90.6 Å². The third kappa shape index (κ3) is 3.09. The van der Waals surface area contributed by atoms with Crippen molar-refractivity contribution in [3.8, 4) is 33.9 Å². The number of benzene rings is 1. The number of pyridine rings is 3. The van der Waals surface area contributed by atoms with Gasteiger partial charge in [0.1, 0.15) is 16.3 Å². The van der Waals surface area contributed by atoms with Crippen molar-refractivity contribution >= 4 is 17.2 Å². The first-order chi connectivity index (χ1) is 16.0. The molecule has 8 heteroatoms. The van der Waals surface area contributed by atoms with E-state index in [4.69, 9.17) is 17.0 Å². The highest BCUT2D eigenvalue weighted by molar-refractivity contribution is 7.80. The molecule has 1 unspecified atom stereocenters. The molecule has 2 aliphatic heterocycles. The molecule has 1 aromatic carbocycles.